The van der Waals surface area contributed by atoms with Crippen molar-refractivity contribution >= 4 is 22.9 Å². The van der Waals surface area contributed by atoms with Crippen molar-refractivity contribution < 1.29 is 19.6 Å². The summed E-state index contributed by atoms with van der Waals surface area (Å²) in [6.45, 7) is 3.07. The van der Waals surface area contributed by atoms with Gasteiger partial charge >= 0.3 is 0 Å². The third-order valence-electron chi connectivity index (χ3n) is 5.86. The molecule has 0 radical (unpaired) electrons. The van der Waals surface area contributed by atoms with E-state index in [-0.39, 0.29) is 16.4 Å². The normalized spacial score (nSPS) is 33.7. The quantitative estimate of drug-likeness (QED) is 0.707. The van der Waals surface area contributed by atoms with Crippen molar-refractivity contribution in [2.75, 3.05) is 26.7 Å². The molecule has 3 fully saturated rings. The van der Waals surface area contributed by atoms with Crippen molar-refractivity contribution in [3.05, 3.63) is 0 Å². The predicted molar refractivity (Wildman–Crippen MR) is 98.3 cm³/mol. The number of nitrogens with one attached hydrogen (secondary N) is 1. The molecule has 1 saturated carbocycles. The van der Waals surface area contributed by atoms with Crippen LogP contribution >= 0.6 is 11.8 Å². The average molecular weight is 371 g/mol. The van der Waals surface area contributed by atoms with Gasteiger partial charge in [0.1, 0.15) is 6.17 Å². The van der Waals surface area contributed by atoms with Crippen LogP contribution in [0.4, 0.5) is 4.79 Å². The highest BCUT2D eigenvalue weighted by Crippen LogP contribution is 2.34. The van der Waals surface area contributed by atoms with Crippen LogP contribution in [0.15, 0.2) is 0 Å². The summed E-state index contributed by atoms with van der Waals surface area (Å²) >= 11 is 1.16. The van der Waals surface area contributed by atoms with E-state index < -0.39 is 0 Å². The topological polar surface area (TPSA) is 75.2 Å². The van der Waals surface area contributed by atoms with Crippen LogP contribution in [0.5, 0.6) is 0 Å². The molecule has 2 heterocycles. The Morgan fingerprint density at radius 1 is 1.20 bits per heavy atom. The number of carbonyl (C=O) groups excluding carboxylic acids is 2. The van der Waals surface area contributed by atoms with Gasteiger partial charge in [-0.15, -0.1) is 0 Å². The fourth-order valence-corrected chi connectivity index (χ4v) is 5.19. The number of hydrogen-bond donors (Lipinski definition) is 2. The summed E-state index contributed by atoms with van der Waals surface area (Å²) in [7, 11) is 2.21. The van der Waals surface area contributed by atoms with Gasteiger partial charge in [-0.3, -0.25) is 19.8 Å². The molecule has 6 nitrogen and oxygen atoms in total. The Balaban J connectivity index is 1.29. The maximum absolute atomic E-state index is 11.7. The van der Waals surface area contributed by atoms with Crippen LogP contribution < -0.4 is 10.6 Å². The molecule has 3 N–H and O–H groups in total. The predicted octanol–water partition coefficient (Wildman–Crippen LogP) is 1.31. The van der Waals surface area contributed by atoms with Crippen LogP contribution in [0.25, 0.3) is 0 Å². The number of likely N-dealkylation sites (N-methyl/N-ethyl adjacent to an activating group) is 1. The van der Waals surface area contributed by atoms with E-state index in [2.05, 4.69) is 22.6 Å². The van der Waals surface area contributed by atoms with E-state index in [1.165, 1.54) is 25.8 Å². The van der Waals surface area contributed by atoms with Gasteiger partial charge in [0.05, 0.1) is 24.5 Å². The van der Waals surface area contributed by atoms with Gasteiger partial charge in [0, 0.05) is 13.0 Å². The minimum absolute atomic E-state index is 0.101. The number of thioether (sulfide) groups is 1. The monoisotopic (exact) mass is 370 g/mol. The first kappa shape index (κ1) is 19.1. The number of hydrogen-bond acceptors (Lipinski definition) is 5. The molecule has 1 aliphatic carbocycles. The Hall–Kier alpha value is -0.630. The van der Waals surface area contributed by atoms with E-state index in [1.54, 1.807) is 0 Å². The van der Waals surface area contributed by atoms with Gasteiger partial charge in [0.25, 0.3) is 5.24 Å². The number of rotatable bonds is 7. The maximum Gasteiger partial charge on any atom is 0.286 e. The van der Waals surface area contributed by atoms with Crippen molar-refractivity contribution in [3.8, 4) is 0 Å². The first-order valence-corrected chi connectivity index (χ1v) is 10.7. The van der Waals surface area contributed by atoms with Crippen molar-refractivity contribution in [1.82, 2.24) is 10.2 Å². The summed E-state index contributed by atoms with van der Waals surface area (Å²) in [5.74, 6) is 0.449. The number of nitrogens with zero attached hydrogens (tertiary/aromatic N) is 1. The minimum Gasteiger partial charge on any atom is -0.377 e. The molecular weight excluding hydrogens is 338 g/mol. The molecule has 0 aromatic rings. The van der Waals surface area contributed by atoms with Crippen molar-refractivity contribution in [2.45, 2.75) is 68.9 Å². The van der Waals surface area contributed by atoms with Crippen LogP contribution in [0.3, 0.4) is 0 Å². The molecular formula is C18H32N3O3S+. The molecule has 0 aromatic heterocycles. The third kappa shape index (κ3) is 5.67. The van der Waals surface area contributed by atoms with E-state index in [4.69, 9.17) is 4.74 Å². The average Bonchev–Trinajstić information content (AvgIpc) is 2.94. The van der Waals surface area contributed by atoms with Crippen molar-refractivity contribution in [3.63, 3.8) is 0 Å². The lowest BCUT2D eigenvalue weighted by Gasteiger charge is -2.31. The van der Waals surface area contributed by atoms with Crippen LogP contribution in [0.1, 0.15) is 51.4 Å². The Labute approximate surface area is 154 Å². The number of imide groups is 1. The van der Waals surface area contributed by atoms with Gasteiger partial charge in [0.2, 0.25) is 5.91 Å². The fraction of sp³-hybridized carbons (Fsp3) is 0.889. The second-order valence-corrected chi connectivity index (χ2v) is 8.88. The Morgan fingerprint density at radius 3 is 2.64 bits per heavy atom. The molecule has 2 atom stereocenters. The van der Waals surface area contributed by atoms with E-state index >= 15 is 0 Å². The number of ether oxygens (including phenoxy) is 1. The van der Waals surface area contributed by atoms with Crippen LogP contribution in [0, 0.1) is 5.92 Å². The molecule has 2 saturated heterocycles. The number of quaternary nitrogens is 1. The number of carbonyl (C=O) groups is 2. The molecule has 142 valence electrons. The largest absolute Gasteiger partial charge is 0.377 e. The van der Waals surface area contributed by atoms with E-state index in [0.29, 0.717) is 18.2 Å². The van der Waals surface area contributed by atoms with Crippen LogP contribution in [-0.4, -0.2) is 60.3 Å². The number of nitrogens with two attached hydrogens (primary N) is 1. The Bertz CT molecular complexity index is 462. The van der Waals surface area contributed by atoms with Gasteiger partial charge in [0.15, 0.2) is 0 Å². The van der Waals surface area contributed by atoms with Gasteiger partial charge in [-0.25, -0.2) is 0 Å². The summed E-state index contributed by atoms with van der Waals surface area (Å²) in [6, 6.07) is 0. The number of amides is 2. The standard InChI is InChI=1S/C18H31N3O3S/c1-21(16-4-2-3-9-19-16)10-11-24-14-7-5-13(6-8-14)12-15-17(22)20-18(23)25-15/h13-16,19H,2-12H2,1H3,(H,20,22,23)/p+1/t13?,14?,15-,16?/m0/s1. The van der Waals surface area contributed by atoms with E-state index in [1.807, 2.05) is 0 Å². The van der Waals surface area contributed by atoms with Crippen molar-refractivity contribution in [2.24, 2.45) is 5.92 Å². The Morgan fingerprint density at radius 2 is 2.00 bits per heavy atom. The van der Waals surface area contributed by atoms with Crippen molar-refractivity contribution in [1.29, 1.82) is 0 Å². The van der Waals surface area contributed by atoms with Gasteiger partial charge in [-0.05, 0) is 57.9 Å². The second kappa shape index (κ2) is 9.35. The molecule has 1 unspecified atom stereocenters. The third-order valence-corrected chi connectivity index (χ3v) is 6.87. The highest BCUT2D eigenvalue weighted by atomic mass is 32.2. The molecule has 2 amide bonds. The highest BCUT2D eigenvalue weighted by molar-refractivity contribution is 8.15. The molecule has 0 aromatic carbocycles. The lowest BCUT2D eigenvalue weighted by atomic mass is 9.84. The zero-order valence-electron chi connectivity index (χ0n) is 15.2. The molecule has 7 heteroatoms. The van der Waals surface area contributed by atoms with Gasteiger partial charge in [-0.1, -0.05) is 11.8 Å². The van der Waals surface area contributed by atoms with Crippen LogP contribution in [-0.2, 0) is 9.53 Å². The SMILES string of the molecule is CN(CCOC1CCC(C[C@@H]2SC(=O)NC2=O)CC1)C1CCCC[NH2+]1. The summed E-state index contributed by atoms with van der Waals surface area (Å²) in [6.07, 6.45) is 10.2. The van der Waals surface area contributed by atoms with E-state index in [9.17, 15) is 9.59 Å². The lowest BCUT2D eigenvalue weighted by molar-refractivity contribution is -0.716. The highest BCUT2D eigenvalue weighted by Gasteiger charge is 2.34. The second-order valence-electron chi connectivity index (χ2n) is 7.70. The van der Waals surface area contributed by atoms with Gasteiger partial charge < -0.3 is 10.1 Å². The zero-order valence-corrected chi connectivity index (χ0v) is 16.1. The fourth-order valence-electron chi connectivity index (χ4n) is 4.24. The van der Waals surface area contributed by atoms with Gasteiger partial charge in [-0.2, -0.15) is 0 Å². The zero-order chi connectivity index (χ0) is 17.6. The molecule has 0 bridgehead atoms. The number of piperidine rings is 1. The molecule has 0 spiro atoms. The molecule has 3 aliphatic rings. The van der Waals surface area contributed by atoms with Crippen LogP contribution in [0.2, 0.25) is 0 Å². The summed E-state index contributed by atoms with van der Waals surface area (Å²) < 4.78 is 6.11. The minimum atomic E-state index is -0.189. The molecule has 2 aliphatic heterocycles. The molecule has 3 rings (SSSR count). The first-order chi connectivity index (χ1) is 12.1. The summed E-state index contributed by atoms with van der Waals surface area (Å²) in [5, 5.41) is 4.48. The molecule has 25 heavy (non-hydrogen) atoms. The smallest absolute Gasteiger partial charge is 0.286 e. The lowest BCUT2D eigenvalue weighted by Crippen LogP contribution is -2.94. The summed E-state index contributed by atoms with van der Waals surface area (Å²) in [5.41, 5.74) is 0. The first-order valence-electron chi connectivity index (χ1n) is 9.78. The summed E-state index contributed by atoms with van der Waals surface area (Å²) in [4.78, 5) is 25.4. The van der Waals surface area contributed by atoms with E-state index in [0.717, 1.165) is 57.0 Å². The Kier molecular flexibility index (Phi) is 7.16. The maximum atomic E-state index is 11.7.